The van der Waals surface area contributed by atoms with Crippen molar-refractivity contribution < 1.29 is 28.6 Å². The van der Waals surface area contributed by atoms with Gasteiger partial charge in [-0.05, 0) is 42.3 Å². The summed E-state index contributed by atoms with van der Waals surface area (Å²) in [7, 11) is 3.08. The number of aliphatic carboxylic acids is 1. The zero-order valence-corrected chi connectivity index (χ0v) is 16.8. The van der Waals surface area contributed by atoms with Crippen LogP contribution in [0.25, 0.3) is 0 Å². The average molecular weight is 414 g/mol. The quantitative estimate of drug-likeness (QED) is 0.710. The van der Waals surface area contributed by atoms with Crippen molar-refractivity contribution in [1.82, 2.24) is 5.01 Å². The third-order valence-electron chi connectivity index (χ3n) is 4.90. The average Bonchev–Trinajstić information content (AvgIpc) is 3.18. The summed E-state index contributed by atoms with van der Waals surface area (Å²) in [6, 6.07) is 10.9. The Morgan fingerprint density at radius 3 is 2.57 bits per heavy atom. The Bertz CT molecular complexity index is 976. The maximum atomic E-state index is 13.8. The summed E-state index contributed by atoms with van der Waals surface area (Å²) in [4.78, 5) is 23.5. The molecule has 1 heterocycles. The maximum Gasteiger partial charge on any atom is 0.303 e. The summed E-state index contributed by atoms with van der Waals surface area (Å²) in [5, 5.41) is 14.7. The van der Waals surface area contributed by atoms with Crippen molar-refractivity contribution in [3.63, 3.8) is 0 Å². The number of nitrogens with zero attached hydrogens (tertiary/aromatic N) is 2. The van der Waals surface area contributed by atoms with Gasteiger partial charge in [-0.25, -0.2) is 9.40 Å². The van der Waals surface area contributed by atoms with Gasteiger partial charge in [-0.1, -0.05) is 12.1 Å². The normalized spacial score (nSPS) is 15.6. The van der Waals surface area contributed by atoms with Gasteiger partial charge in [0.15, 0.2) is 11.5 Å². The fourth-order valence-corrected chi connectivity index (χ4v) is 3.41. The molecule has 8 heteroatoms. The number of carboxylic acid groups (broad SMARTS) is 1. The maximum absolute atomic E-state index is 13.8. The van der Waals surface area contributed by atoms with E-state index >= 15 is 0 Å². The minimum atomic E-state index is -0.958. The number of amides is 1. The monoisotopic (exact) mass is 414 g/mol. The molecule has 0 saturated heterocycles. The highest BCUT2D eigenvalue weighted by Crippen LogP contribution is 2.36. The summed E-state index contributed by atoms with van der Waals surface area (Å²) >= 11 is 0. The molecule has 3 rings (SSSR count). The second kappa shape index (κ2) is 9.39. The molecule has 30 heavy (non-hydrogen) atoms. The van der Waals surface area contributed by atoms with Gasteiger partial charge in [-0.15, -0.1) is 0 Å². The molecule has 0 spiro atoms. The summed E-state index contributed by atoms with van der Waals surface area (Å²) in [6.45, 7) is 0. The number of hydrazone groups is 1. The lowest BCUT2D eigenvalue weighted by molar-refractivity contribution is -0.137. The van der Waals surface area contributed by atoms with Gasteiger partial charge in [0.1, 0.15) is 5.82 Å². The van der Waals surface area contributed by atoms with E-state index in [0.29, 0.717) is 29.2 Å². The number of ether oxygens (including phenoxy) is 2. The predicted molar refractivity (Wildman–Crippen MR) is 108 cm³/mol. The minimum absolute atomic E-state index is 0.0425. The van der Waals surface area contributed by atoms with Crippen molar-refractivity contribution >= 4 is 17.6 Å². The molecule has 158 valence electrons. The van der Waals surface area contributed by atoms with Crippen LogP contribution in [0, 0.1) is 5.82 Å². The molecule has 2 aromatic carbocycles. The zero-order valence-electron chi connectivity index (χ0n) is 16.8. The number of carboxylic acids is 1. The predicted octanol–water partition coefficient (Wildman–Crippen LogP) is 3.78. The first-order valence-electron chi connectivity index (χ1n) is 9.52. The molecule has 0 fully saturated rings. The smallest absolute Gasteiger partial charge is 0.303 e. The van der Waals surface area contributed by atoms with Gasteiger partial charge < -0.3 is 14.6 Å². The molecule has 2 aromatic rings. The molecule has 1 N–H and O–H groups in total. The Morgan fingerprint density at radius 1 is 1.13 bits per heavy atom. The first-order chi connectivity index (χ1) is 14.4. The standard InChI is InChI=1S/C22H23FN2O5/c1-29-19-10-9-14(12-20(19)30-2)17-13-18(15-5-3-6-16(23)11-15)25(24-17)21(26)7-4-8-22(27)28/h3,5-6,9-12,18H,4,7-8,13H2,1-2H3,(H,27,28). The fourth-order valence-electron chi connectivity index (χ4n) is 3.41. The topological polar surface area (TPSA) is 88.4 Å². The third kappa shape index (κ3) is 4.76. The van der Waals surface area contributed by atoms with E-state index < -0.39 is 17.8 Å². The van der Waals surface area contributed by atoms with Gasteiger partial charge in [0, 0.05) is 24.8 Å². The van der Waals surface area contributed by atoms with Crippen LogP contribution >= 0.6 is 0 Å². The first-order valence-corrected chi connectivity index (χ1v) is 9.52. The molecule has 1 unspecified atom stereocenters. The first kappa shape index (κ1) is 21.3. The van der Waals surface area contributed by atoms with E-state index in [1.807, 2.05) is 6.07 Å². The number of methoxy groups -OCH3 is 2. The van der Waals surface area contributed by atoms with Crippen LogP contribution in [-0.4, -0.2) is 41.9 Å². The van der Waals surface area contributed by atoms with Crippen LogP contribution in [0.4, 0.5) is 4.39 Å². The van der Waals surface area contributed by atoms with E-state index in [0.717, 1.165) is 5.56 Å². The molecule has 0 radical (unpaired) electrons. The molecule has 0 aliphatic carbocycles. The molecule has 1 aliphatic heterocycles. The summed E-state index contributed by atoms with van der Waals surface area (Å²) in [5.41, 5.74) is 2.03. The number of halogens is 1. The zero-order chi connectivity index (χ0) is 21.7. The van der Waals surface area contributed by atoms with E-state index in [2.05, 4.69) is 5.10 Å². The van der Waals surface area contributed by atoms with E-state index in [9.17, 15) is 14.0 Å². The number of rotatable bonds is 8. The second-order valence-corrected chi connectivity index (χ2v) is 6.88. The van der Waals surface area contributed by atoms with Crippen LogP contribution in [0.5, 0.6) is 11.5 Å². The highest BCUT2D eigenvalue weighted by molar-refractivity contribution is 6.03. The van der Waals surface area contributed by atoms with Crippen LogP contribution in [0.3, 0.4) is 0 Å². The molecule has 1 amide bonds. The van der Waals surface area contributed by atoms with Crippen molar-refractivity contribution in [2.24, 2.45) is 5.10 Å². The molecular formula is C22H23FN2O5. The number of carbonyl (C=O) groups excluding carboxylic acids is 1. The molecule has 0 aromatic heterocycles. The Morgan fingerprint density at radius 2 is 1.90 bits per heavy atom. The Kier molecular flexibility index (Phi) is 6.66. The Hall–Kier alpha value is -3.42. The Labute approximate surface area is 173 Å². The molecular weight excluding hydrogens is 391 g/mol. The lowest BCUT2D eigenvalue weighted by Crippen LogP contribution is -2.27. The summed E-state index contributed by atoms with van der Waals surface area (Å²) in [5.74, 6) is -0.555. The van der Waals surface area contributed by atoms with Gasteiger partial charge in [0.25, 0.3) is 0 Å². The van der Waals surface area contributed by atoms with E-state index in [4.69, 9.17) is 14.6 Å². The molecule has 1 atom stereocenters. The van der Waals surface area contributed by atoms with Gasteiger partial charge in [0.2, 0.25) is 5.91 Å². The van der Waals surface area contributed by atoms with E-state index in [1.165, 1.54) is 24.3 Å². The lowest BCUT2D eigenvalue weighted by atomic mass is 9.98. The van der Waals surface area contributed by atoms with Crippen molar-refractivity contribution in [1.29, 1.82) is 0 Å². The summed E-state index contributed by atoms with van der Waals surface area (Å²) in [6.07, 6.45) is 0.544. The lowest BCUT2D eigenvalue weighted by Gasteiger charge is -2.22. The van der Waals surface area contributed by atoms with Crippen LogP contribution < -0.4 is 9.47 Å². The van der Waals surface area contributed by atoms with Gasteiger partial charge >= 0.3 is 5.97 Å². The number of hydrogen-bond acceptors (Lipinski definition) is 5. The van der Waals surface area contributed by atoms with E-state index in [1.54, 1.807) is 31.4 Å². The highest BCUT2D eigenvalue weighted by atomic mass is 19.1. The number of benzene rings is 2. The SMILES string of the molecule is COc1ccc(C2=NN(C(=O)CCCC(=O)O)C(c3cccc(F)c3)C2)cc1OC. The summed E-state index contributed by atoms with van der Waals surface area (Å²) < 4.78 is 24.4. The van der Waals surface area contributed by atoms with Gasteiger partial charge in [-0.3, -0.25) is 9.59 Å². The van der Waals surface area contributed by atoms with Crippen LogP contribution in [0.2, 0.25) is 0 Å². The Balaban J connectivity index is 1.91. The third-order valence-corrected chi connectivity index (χ3v) is 4.90. The second-order valence-electron chi connectivity index (χ2n) is 6.88. The number of hydrogen-bond donors (Lipinski definition) is 1. The fraction of sp³-hybridized carbons (Fsp3) is 0.318. The molecule has 0 bridgehead atoms. The van der Waals surface area contributed by atoms with Crippen LogP contribution in [0.15, 0.2) is 47.6 Å². The van der Waals surface area contributed by atoms with Gasteiger partial charge in [0.05, 0.1) is 26.0 Å². The van der Waals surface area contributed by atoms with Gasteiger partial charge in [-0.2, -0.15) is 5.10 Å². The molecule has 7 nitrogen and oxygen atoms in total. The largest absolute Gasteiger partial charge is 0.493 e. The van der Waals surface area contributed by atoms with Crippen LogP contribution in [0.1, 0.15) is 42.9 Å². The van der Waals surface area contributed by atoms with E-state index in [-0.39, 0.29) is 25.2 Å². The van der Waals surface area contributed by atoms with Crippen molar-refractivity contribution in [2.75, 3.05) is 14.2 Å². The van der Waals surface area contributed by atoms with Crippen molar-refractivity contribution in [3.8, 4) is 11.5 Å². The minimum Gasteiger partial charge on any atom is -0.493 e. The molecule has 0 saturated carbocycles. The van der Waals surface area contributed by atoms with Crippen LogP contribution in [-0.2, 0) is 9.59 Å². The highest BCUT2D eigenvalue weighted by Gasteiger charge is 2.33. The van der Waals surface area contributed by atoms with Crippen molar-refractivity contribution in [2.45, 2.75) is 31.7 Å². The number of carbonyl (C=O) groups is 2. The molecule has 1 aliphatic rings. The van der Waals surface area contributed by atoms with Crippen molar-refractivity contribution in [3.05, 3.63) is 59.4 Å².